The van der Waals surface area contributed by atoms with Crippen LogP contribution in [-0.4, -0.2) is 31.7 Å². The first-order valence-electron chi connectivity index (χ1n) is 13.1. The first-order valence-corrected chi connectivity index (χ1v) is 14.6. The molecule has 0 saturated carbocycles. The maximum absolute atomic E-state index is 13.7. The highest BCUT2D eigenvalue weighted by Crippen LogP contribution is 2.28. The Morgan fingerprint density at radius 3 is 2.15 bits per heavy atom. The van der Waals surface area contributed by atoms with Crippen LogP contribution in [0.4, 0.5) is 5.69 Å². The fourth-order valence-corrected chi connectivity index (χ4v) is 6.12. The molecule has 0 radical (unpaired) electrons. The van der Waals surface area contributed by atoms with Crippen LogP contribution >= 0.6 is 0 Å². The number of amides is 1. The number of aromatic nitrogens is 1. The van der Waals surface area contributed by atoms with Gasteiger partial charge in [-0.05, 0) is 107 Å². The quantitative estimate of drug-likeness (QED) is 0.214. The van der Waals surface area contributed by atoms with Crippen LogP contribution < -0.4 is 9.73 Å². The van der Waals surface area contributed by atoms with Crippen LogP contribution in [0.5, 0.6) is 0 Å². The second-order valence-electron chi connectivity index (χ2n) is 10.3. The summed E-state index contributed by atoms with van der Waals surface area (Å²) in [7, 11) is -4.01. The van der Waals surface area contributed by atoms with Crippen molar-refractivity contribution in [1.82, 2.24) is 9.99 Å². The summed E-state index contributed by atoms with van der Waals surface area (Å²) in [6, 6.07) is 20.5. The zero-order chi connectivity index (χ0) is 29.2. The van der Waals surface area contributed by atoms with Gasteiger partial charge in [0.25, 0.3) is 15.9 Å². The molecule has 1 N–H and O–H groups in total. The van der Waals surface area contributed by atoms with Crippen LogP contribution in [0.25, 0.3) is 5.69 Å². The lowest BCUT2D eigenvalue weighted by molar-refractivity contribution is -0.119. The molecular weight excluding hydrogens is 520 g/mol. The monoisotopic (exact) mass is 556 g/mol. The van der Waals surface area contributed by atoms with Crippen molar-refractivity contribution in [1.29, 1.82) is 0 Å². The summed E-state index contributed by atoms with van der Waals surface area (Å²) in [6.07, 6.45) is 1.59. The molecule has 40 heavy (non-hydrogen) atoms. The molecule has 1 amide bonds. The number of anilines is 1. The first-order chi connectivity index (χ1) is 18.9. The normalized spacial score (nSPS) is 11.7. The van der Waals surface area contributed by atoms with Gasteiger partial charge in [-0.3, -0.25) is 9.10 Å². The molecule has 3 aromatic carbocycles. The lowest BCUT2D eigenvalue weighted by Gasteiger charge is -2.25. The van der Waals surface area contributed by atoms with Crippen LogP contribution in [-0.2, 0) is 14.8 Å². The van der Waals surface area contributed by atoms with E-state index in [0.717, 1.165) is 43.6 Å². The molecule has 1 heterocycles. The van der Waals surface area contributed by atoms with Gasteiger partial charge in [-0.25, -0.2) is 13.8 Å². The van der Waals surface area contributed by atoms with Crippen LogP contribution in [0.1, 0.15) is 44.8 Å². The van der Waals surface area contributed by atoms with Gasteiger partial charge in [-0.2, -0.15) is 5.10 Å². The van der Waals surface area contributed by atoms with Crippen molar-refractivity contribution in [2.24, 2.45) is 5.10 Å². The fourth-order valence-electron chi connectivity index (χ4n) is 4.65. The number of nitrogens with zero attached hydrogens (tertiary/aromatic N) is 3. The molecule has 0 aliphatic heterocycles. The minimum atomic E-state index is -4.01. The number of sulfonamides is 1. The van der Waals surface area contributed by atoms with Crippen LogP contribution in [0.2, 0.25) is 0 Å². The third-order valence-corrected chi connectivity index (χ3v) is 8.92. The van der Waals surface area contributed by atoms with Gasteiger partial charge >= 0.3 is 0 Å². The number of nitrogens with one attached hydrogen (secondary N) is 1. The van der Waals surface area contributed by atoms with E-state index in [2.05, 4.69) is 47.1 Å². The molecule has 8 heteroatoms. The van der Waals surface area contributed by atoms with Crippen LogP contribution in [0.3, 0.4) is 0 Å². The van der Waals surface area contributed by atoms with E-state index in [1.165, 1.54) is 11.1 Å². The van der Waals surface area contributed by atoms with Gasteiger partial charge < -0.3 is 4.57 Å². The summed E-state index contributed by atoms with van der Waals surface area (Å²) >= 11 is 0. The number of hydrazone groups is 1. The lowest BCUT2D eigenvalue weighted by atomic mass is 10.1. The topological polar surface area (TPSA) is 83.8 Å². The predicted molar refractivity (Wildman–Crippen MR) is 162 cm³/mol. The Morgan fingerprint density at radius 2 is 1.48 bits per heavy atom. The third kappa shape index (κ3) is 6.02. The van der Waals surface area contributed by atoms with Crippen LogP contribution in [0, 0.1) is 48.5 Å². The number of aryl methyl sites for hydroxylation is 6. The number of carbonyl (C=O) groups is 1. The number of benzene rings is 3. The molecule has 7 nitrogen and oxygen atoms in total. The molecule has 0 unspecified atom stereocenters. The molecule has 0 saturated heterocycles. The van der Waals surface area contributed by atoms with Gasteiger partial charge in [-0.1, -0.05) is 35.9 Å². The van der Waals surface area contributed by atoms with E-state index in [9.17, 15) is 13.2 Å². The second-order valence-corrected chi connectivity index (χ2v) is 12.2. The van der Waals surface area contributed by atoms with Crippen molar-refractivity contribution in [2.45, 2.75) is 53.4 Å². The summed E-state index contributed by atoms with van der Waals surface area (Å²) in [6.45, 7) is 13.4. The fraction of sp³-hybridized carbons (Fsp3) is 0.250. The van der Waals surface area contributed by atoms with Crippen molar-refractivity contribution in [3.63, 3.8) is 0 Å². The molecule has 0 atom stereocenters. The van der Waals surface area contributed by atoms with Gasteiger partial charge in [0.2, 0.25) is 0 Å². The average Bonchev–Trinajstić information content (AvgIpc) is 3.18. The number of hydrogen-bond acceptors (Lipinski definition) is 4. The SMILES string of the molecule is Cc1ccc(S(=O)(=O)N(CC(=O)N/N=C\c2cc(C)n(-c3ccc(C)c(C)c3)c2C)c2cc(C)ccc2C)cc1. The van der Waals surface area contributed by atoms with Crippen molar-refractivity contribution >= 4 is 27.8 Å². The minimum Gasteiger partial charge on any atom is -0.318 e. The smallest absolute Gasteiger partial charge is 0.264 e. The average molecular weight is 557 g/mol. The zero-order valence-corrected chi connectivity index (χ0v) is 24.9. The number of rotatable bonds is 8. The summed E-state index contributed by atoms with van der Waals surface area (Å²) in [5, 5.41) is 4.18. The Kier molecular flexibility index (Phi) is 8.30. The van der Waals surface area contributed by atoms with Gasteiger partial charge in [0.1, 0.15) is 6.54 Å². The summed E-state index contributed by atoms with van der Waals surface area (Å²) in [5.74, 6) is -0.546. The standard InChI is InChI=1S/C32H36N4O3S/c1-21-9-14-30(15-10-21)40(38,39)35(31-16-22(2)8-11-24(31)4)20-32(37)34-33-19-28-18-26(6)36(27(28)7)29-13-12-23(3)25(5)17-29/h8-19H,20H2,1-7H3,(H,34,37)/b33-19-. The third-order valence-electron chi connectivity index (χ3n) is 7.14. The molecule has 0 bridgehead atoms. The van der Waals surface area contributed by atoms with E-state index in [1.807, 2.05) is 52.8 Å². The van der Waals surface area contributed by atoms with E-state index in [0.29, 0.717) is 5.69 Å². The summed E-state index contributed by atoms with van der Waals surface area (Å²) in [5.41, 5.74) is 11.9. The number of hydrogen-bond donors (Lipinski definition) is 1. The first kappa shape index (κ1) is 28.8. The molecule has 1 aromatic heterocycles. The molecule has 0 fully saturated rings. The number of carbonyl (C=O) groups excluding carboxylic acids is 1. The Bertz CT molecular complexity index is 1700. The summed E-state index contributed by atoms with van der Waals surface area (Å²) < 4.78 is 30.7. The van der Waals surface area contributed by atoms with E-state index in [-0.39, 0.29) is 4.90 Å². The molecule has 0 spiro atoms. The molecule has 4 aromatic rings. The Balaban J connectivity index is 1.58. The van der Waals surface area contributed by atoms with E-state index >= 15 is 0 Å². The van der Waals surface area contributed by atoms with E-state index < -0.39 is 22.5 Å². The predicted octanol–water partition coefficient (Wildman–Crippen LogP) is 5.98. The maximum atomic E-state index is 13.7. The van der Waals surface area contributed by atoms with Gasteiger partial charge in [-0.15, -0.1) is 0 Å². The van der Waals surface area contributed by atoms with Crippen molar-refractivity contribution in [3.8, 4) is 5.69 Å². The second kappa shape index (κ2) is 11.5. The largest absolute Gasteiger partial charge is 0.318 e. The Hall–Kier alpha value is -4.17. The Labute approximate surface area is 237 Å². The highest BCUT2D eigenvalue weighted by Gasteiger charge is 2.28. The van der Waals surface area contributed by atoms with Crippen molar-refractivity contribution < 1.29 is 13.2 Å². The van der Waals surface area contributed by atoms with Crippen molar-refractivity contribution in [2.75, 3.05) is 10.8 Å². The highest BCUT2D eigenvalue weighted by atomic mass is 32.2. The van der Waals surface area contributed by atoms with E-state index in [4.69, 9.17) is 0 Å². The minimum absolute atomic E-state index is 0.120. The maximum Gasteiger partial charge on any atom is 0.264 e. The van der Waals surface area contributed by atoms with Gasteiger partial charge in [0.05, 0.1) is 16.8 Å². The molecule has 208 valence electrons. The van der Waals surface area contributed by atoms with E-state index in [1.54, 1.807) is 36.5 Å². The summed E-state index contributed by atoms with van der Waals surface area (Å²) in [4.78, 5) is 13.2. The zero-order valence-electron chi connectivity index (χ0n) is 24.1. The highest BCUT2D eigenvalue weighted by molar-refractivity contribution is 7.92. The van der Waals surface area contributed by atoms with Gasteiger partial charge in [0.15, 0.2) is 0 Å². The van der Waals surface area contributed by atoms with Crippen molar-refractivity contribution in [3.05, 3.63) is 111 Å². The molecule has 4 rings (SSSR count). The Morgan fingerprint density at radius 1 is 0.825 bits per heavy atom. The van der Waals surface area contributed by atoms with Crippen LogP contribution in [0.15, 0.2) is 76.7 Å². The lowest BCUT2D eigenvalue weighted by Crippen LogP contribution is -2.40. The van der Waals surface area contributed by atoms with Gasteiger partial charge in [0, 0.05) is 22.6 Å². The molecular formula is C32H36N4O3S. The molecule has 0 aliphatic rings. The molecule has 0 aliphatic carbocycles.